The molecule has 2 fully saturated rings. The summed E-state index contributed by atoms with van der Waals surface area (Å²) < 4.78 is 5.09. The highest BCUT2D eigenvalue weighted by atomic mass is 16.5. The molecular weight excluding hydrogens is 194 g/mol. The molecule has 2 rings (SSSR count). The van der Waals surface area contributed by atoms with Crippen LogP contribution in [0.15, 0.2) is 12.2 Å². The van der Waals surface area contributed by atoms with Gasteiger partial charge in [0.15, 0.2) is 0 Å². The van der Waals surface area contributed by atoms with E-state index in [1.54, 1.807) is 6.92 Å². The van der Waals surface area contributed by atoms with Crippen molar-refractivity contribution >= 4 is 5.97 Å². The Labute approximate surface area is 89.5 Å². The highest BCUT2D eigenvalue weighted by Gasteiger charge is 2.56. The van der Waals surface area contributed by atoms with E-state index in [4.69, 9.17) is 4.74 Å². The molecule has 0 amide bonds. The number of fused-ring (bicyclic) bond motifs is 1. The first kappa shape index (κ1) is 10.6. The molecule has 2 heterocycles. The average molecular weight is 211 g/mol. The van der Waals surface area contributed by atoms with E-state index >= 15 is 0 Å². The van der Waals surface area contributed by atoms with E-state index in [2.05, 4.69) is 6.58 Å². The lowest BCUT2D eigenvalue weighted by Gasteiger charge is -2.30. The summed E-state index contributed by atoms with van der Waals surface area (Å²) in [7, 11) is 0. The van der Waals surface area contributed by atoms with E-state index in [9.17, 15) is 9.90 Å². The maximum atomic E-state index is 11.9. The Morgan fingerprint density at radius 3 is 3.20 bits per heavy atom. The van der Waals surface area contributed by atoms with Gasteiger partial charge in [-0.3, -0.25) is 9.69 Å². The minimum absolute atomic E-state index is 0.208. The summed E-state index contributed by atoms with van der Waals surface area (Å²) in [5.41, 5.74) is 0.383. The van der Waals surface area contributed by atoms with Crippen LogP contribution in [-0.2, 0) is 9.53 Å². The quantitative estimate of drug-likeness (QED) is 0.538. The Balaban J connectivity index is 2.24. The molecule has 2 atom stereocenters. The number of hydrogen-bond acceptors (Lipinski definition) is 4. The Bertz CT molecular complexity index is 302. The molecule has 4 heteroatoms. The topological polar surface area (TPSA) is 49.8 Å². The zero-order chi connectivity index (χ0) is 11.1. The van der Waals surface area contributed by atoms with Crippen LogP contribution in [-0.4, -0.2) is 40.9 Å². The van der Waals surface area contributed by atoms with Crippen LogP contribution in [0.1, 0.15) is 26.2 Å². The smallest absolute Gasteiger partial charge is 0.326 e. The van der Waals surface area contributed by atoms with Crippen molar-refractivity contribution in [3.63, 3.8) is 0 Å². The fourth-order valence-corrected chi connectivity index (χ4v) is 2.67. The van der Waals surface area contributed by atoms with Gasteiger partial charge in [0.25, 0.3) is 0 Å². The van der Waals surface area contributed by atoms with Crippen LogP contribution < -0.4 is 0 Å². The lowest BCUT2D eigenvalue weighted by molar-refractivity contribution is -0.157. The number of aliphatic hydroxyl groups excluding tert-OH is 1. The van der Waals surface area contributed by atoms with Crippen molar-refractivity contribution in [2.45, 2.75) is 38.0 Å². The predicted octanol–water partition coefficient (Wildman–Crippen LogP) is 0.662. The van der Waals surface area contributed by atoms with Gasteiger partial charge in [0.1, 0.15) is 11.8 Å². The van der Waals surface area contributed by atoms with Gasteiger partial charge in [0.2, 0.25) is 0 Å². The second kappa shape index (κ2) is 3.61. The van der Waals surface area contributed by atoms with Gasteiger partial charge >= 0.3 is 5.97 Å². The van der Waals surface area contributed by atoms with Gasteiger partial charge in [-0.2, -0.15) is 0 Å². The second-order valence-corrected chi connectivity index (χ2v) is 4.33. The highest BCUT2D eigenvalue weighted by Crippen LogP contribution is 2.44. The van der Waals surface area contributed by atoms with Crippen LogP contribution in [0.4, 0.5) is 0 Å². The molecule has 2 unspecified atom stereocenters. The molecule has 4 nitrogen and oxygen atoms in total. The van der Waals surface area contributed by atoms with E-state index in [1.807, 2.05) is 4.90 Å². The summed E-state index contributed by atoms with van der Waals surface area (Å²) >= 11 is 0. The molecule has 84 valence electrons. The predicted molar refractivity (Wildman–Crippen MR) is 55.1 cm³/mol. The standard InChI is InChI=1S/C11H17NO3/c1-3-15-10(14)11-5-4-9(13)12(11)7-8(2)6-11/h9,13H,2-7H2,1H3. The van der Waals surface area contributed by atoms with E-state index in [0.29, 0.717) is 32.4 Å². The van der Waals surface area contributed by atoms with Gasteiger partial charge in [-0.05, 0) is 26.2 Å². The minimum atomic E-state index is -0.619. The van der Waals surface area contributed by atoms with E-state index < -0.39 is 11.8 Å². The third kappa shape index (κ3) is 1.48. The normalized spacial score (nSPS) is 35.6. The third-order valence-corrected chi connectivity index (χ3v) is 3.32. The Hall–Kier alpha value is -0.870. The van der Waals surface area contributed by atoms with Crippen LogP contribution >= 0.6 is 0 Å². The molecule has 0 saturated carbocycles. The summed E-state index contributed by atoms with van der Waals surface area (Å²) in [4.78, 5) is 13.8. The molecule has 2 aliphatic rings. The number of nitrogens with zero attached hydrogens (tertiary/aromatic N) is 1. The lowest BCUT2D eigenvalue weighted by atomic mass is 9.93. The van der Waals surface area contributed by atoms with E-state index in [-0.39, 0.29) is 5.97 Å². The van der Waals surface area contributed by atoms with Gasteiger partial charge < -0.3 is 9.84 Å². The van der Waals surface area contributed by atoms with Crippen molar-refractivity contribution < 1.29 is 14.6 Å². The first-order valence-electron chi connectivity index (χ1n) is 5.39. The van der Waals surface area contributed by atoms with Crippen molar-refractivity contribution in [1.82, 2.24) is 4.90 Å². The molecule has 2 aliphatic heterocycles. The zero-order valence-electron chi connectivity index (χ0n) is 9.03. The van der Waals surface area contributed by atoms with E-state index in [1.165, 1.54) is 0 Å². The molecule has 0 bridgehead atoms. The monoisotopic (exact) mass is 211 g/mol. The van der Waals surface area contributed by atoms with Crippen molar-refractivity contribution in [1.29, 1.82) is 0 Å². The summed E-state index contributed by atoms with van der Waals surface area (Å²) in [5, 5.41) is 9.78. The molecule has 0 aromatic rings. The van der Waals surface area contributed by atoms with Crippen LogP contribution in [0.5, 0.6) is 0 Å². The maximum absolute atomic E-state index is 11.9. The maximum Gasteiger partial charge on any atom is 0.326 e. The summed E-state index contributed by atoms with van der Waals surface area (Å²) in [6.45, 7) is 6.69. The Kier molecular flexibility index (Phi) is 2.56. The minimum Gasteiger partial charge on any atom is -0.465 e. The fourth-order valence-electron chi connectivity index (χ4n) is 2.67. The van der Waals surface area contributed by atoms with Gasteiger partial charge in [-0.25, -0.2) is 0 Å². The first-order valence-corrected chi connectivity index (χ1v) is 5.39. The second-order valence-electron chi connectivity index (χ2n) is 4.33. The highest BCUT2D eigenvalue weighted by molar-refractivity contribution is 5.82. The van der Waals surface area contributed by atoms with Crippen molar-refractivity contribution in [2.75, 3.05) is 13.2 Å². The Morgan fingerprint density at radius 2 is 2.53 bits per heavy atom. The number of rotatable bonds is 2. The van der Waals surface area contributed by atoms with Crippen molar-refractivity contribution in [3.8, 4) is 0 Å². The third-order valence-electron chi connectivity index (χ3n) is 3.32. The number of hydrogen-bond donors (Lipinski definition) is 1. The first-order chi connectivity index (χ1) is 7.10. The number of ether oxygens (including phenoxy) is 1. The number of carbonyl (C=O) groups is 1. The molecular formula is C11H17NO3. The average Bonchev–Trinajstić information content (AvgIpc) is 2.66. The number of esters is 1. The Morgan fingerprint density at radius 1 is 1.80 bits per heavy atom. The molecule has 1 N–H and O–H groups in total. The van der Waals surface area contributed by atoms with Crippen molar-refractivity contribution in [3.05, 3.63) is 12.2 Å². The molecule has 2 saturated heterocycles. The summed E-state index contributed by atoms with van der Waals surface area (Å²) in [6, 6.07) is 0. The zero-order valence-corrected chi connectivity index (χ0v) is 9.03. The van der Waals surface area contributed by atoms with Crippen LogP contribution in [0.2, 0.25) is 0 Å². The van der Waals surface area contributed by atoms with Crippen LogP contribution in [0.3, 0.4) is 0 Å². The van der Waals surface area contributed by atoms with Gasteiger partial charge in [0, 0.05) is 6.54 Å². The van der Waals surface area contributed by atoms with Crippen LogP contribution in [0, 0.1) is 0 Å². The SMILES string of the molecule is C=C1CN2C(O)CCC2(C(=O)OCC)C1. The molecule has 0 radical (unpaired) electrons. The van der Waals surface area contributed by atoms with E-state index in [0.717, 1.165) is 5.57 Å². The van der Waals surface area contributed by atoms with Gasteiger partial charge in [-0.15, -0.1) is 0 Å². The lowest BCUT2D eigenvalue weighted by Crippen LogP contribution is -2.49. The molecule has 0 aromatic carbocycles. The summed E-state index contributed by atoms with van der Waals surface area (Å²) in [5.74, 6) is -0.208. The van der Waals surface area contributed by atoms with Gasteiger partial charge in [0.05, 0.1) is 6.61 Å². The molecule has 0 aliphatic carbocycles. The molecule has 15 heavy (non-hydrogen) atoms. The largest absolute Gasteiger partial charge is 0.465 e. The number of aliphatic hydroxyl groups is 1. The van der Waals surface area contributed by atoms with Crippen LogP contribution in [0.25, 0.3) is 0 Å². The molecule has 0 aromatic heterocycles. The van der Waals surface area contributed by atoms with Gasteiger partial charge in [-0.1, -0.05) is 12.2 Å². The van der Waals surface area contributed by atoms with Crippen molar-refractivity contribution in [2.24, 2.45) is 0 Å². The number of carbonyl (C=O) groups excluding carboxylic acids is 1. The fraction of sp³-hybridized carbons (Fsp3) is 0.727. The molecule has 0 spiro atoms. The summed E-state index contributed by atoms with van der Waals surface area (Å²) in [6.07, 6.45) is 1.43.